The fourth-order valence-electron chi connectivity index (χ4n) is 3.72. The summed E-state index contributed by atoms with van der Waals surface area (Å²) in [5.74, 6) is -0.506. The standard InChI is InChI=1S/C21H18N6O3/c1-29-6-7-30-21(28)20-19(24-27-25-20)13-3-5-17-15(9-13)10-14-8-12(2-4-16(14)17)18-11-22-26-23-18/h2-5,8-9,11H,6-7,10H2,1H3,(H,22,23,26)(H,24,25,27). The molecule has 1 aliphatic carbocycles. The van der Waals surface area contributed by atoms with E-state index in [2.05, 4.69) is 55.1 Å². The van der Waals surface area contributed by atoms with Gasteiger partial charge in [-0.25, -0.2) is 4.79 Å². The van der Waals surface area contributed by atoms with Crippen molar-refractivity contribution in [1.82, 2.24) is 30.8 Å². The van der Waals surface area contributed by atoms with Gasteiger partial charge in [0.2, 0.25) is 0 Å². The van der Waals surface area contributed by atoms with E-state index < -0.39 is 5.97 Å². The van der Waals surface area contributed by atoms with Gasteiger partial charge in [-0.05, 0) is 40.8 Å². The number of esters is 1. The number of hydrogen-bond acceptors (Lipinski definition) is 7. The number of aromatic amines is 2. The predicted molar refractivity (Wildman–Crippen MR) is 108 cm³/mol. The molecule has 1 aliphatic rings. The first-order chi connectivity index (χ1) is 14.7. The maximum atomic E-state index is 12.3. The zero-order chi connectivity index (χ0) is 20.5. The van der Waals surface area contributed by atoms with E-state index in [4.69, 9.17) is 9.47 Å². The Morgan fingerprint density at radius 2 is 1.77 bits per heavy atom. The van der Waals surface area contributed by atoms with Crippen molar-refractivity contribution >= 4 is 5.97 Å². The minimum atomic E-state index is -0.506. The average Bonchev–Trinajstić information content (AvgIpc) is 3.52. The zero-order valence-corrected chi connectivity index (χ0v) is 16.2. The lowest BCUT2D eigenvalue weighted by Gasteiger charge is -2.06. The summed E-state index contributed by atoms with van der Waals surface area (Å²) in [6, 6.07) is 12.4. The Morgan fingerprint density at radius 1 is 1.00 bits per heavy atom. The van der Waals surface area contributed by atoms with E-state index in [-0.39, 0.29) is 12.3 Å². The molecule has 0 aliphatic heterocycles. The van der Waals surface area contributed by atoms with E-state index in [9.17, 15) is 4.79 Å². The van der Waals surface area contributed by atoms with Crippen molar-refractivity contribution in [2.45, 2.75) is 6.42 Å². The Hall–Kier alpha value is -3.85. The highest BCUT2D eigenvalue weighted by Gasteiger charge is 2.23. The molecular weight excluding hydrogens is 384 g/mol. The van der Waals surface area contributed by atoms with Crippen LogP contribution in [0.2, 0.25) is 0 Å². The quantitative estimate of drug-likeness (QED) is 0.331. The third-order valence-corrected chi connectivity index (χ3v) is 5.14. The Morgan fingerprint density at radius 3 is 2.50 bits per heavy atom. The molecule has 2 aromatic heterocycles. The van der Waals surface area contributed by atoms with Crippen LogP contribution in [0.1, 0.15) is 21.6 Å². The third-order valence-electron chi connectivity index (χ3n) is 5.14. The van der Waals surface area contributed by atoms with E-state index in [0.717, 1.165) is 23.2 Å². The van der Waals surface area contributed by atoms with E-state index in [0.29, 0.717) is 12.3 Å². The van der Waals surface area contributed by atoms with Gasteiger partial charge in [0, 0.05) is 24.4 Å². The molecule has 0 fully saturated rings. The Bertz CT molecular complexity index is 1220. The van der Waals surface area contributed by atoms with Crippen LogP contribution >= 0.6 is 0 Å². The fraction of sp³-hybridized carbons (Fsp3) is 0.190. The van der Waals surface area contributed by atoms with Gasteiger partial charge in [0.05, 0.1) is 6.61 Å². The summed E-state index contributed by atoms with van der Waals surface area (Å²) in [6.07, 6.45) is 2.56. The highest BCUT2D eigenvalue weighted by molar-refractivity contribution is 5.94. The molecule has 9 heteroatoms. The van der Waals surface area contributed by atoms with Crippen molar-refractivity contribution in [1.29, 1.82) is 0 Å². The third kappa shape index (κ3) is 3.15. The van der Waals surface area contributed by atoms with E-state index >= 15 is 0 Å². The van der Waals surface area contributed by atoms with Crippen LogP contribution in [0.25, 0.3) is 33.6 Å². The summed E-state index contributed by atoms with van der Waals surface area (Å²) in [7, 11) is 1.55. The topological polar surface area (TPSA) is 119 Å². The Labute approximate surface area is 171 Å². The van der Waals surface area contributed by atoms with Crippen LogP contribution < -0.4 is 0 Å². The molecule has 30 heavy (non-hydrogen) atoms. The first kappa shape index (κ1) is 18.2. The van der Waals surface area contributed by atoms with E-state index in [1.54, 1.807) is 13.3 Å². The number of benzene rings is 2. The van der Waals surface area contributed by atoms with Crippen molar-refractivity contribution in [3.8, 4) is 33.6 Å². The SMILES string of the molecule is COCCOC(=O)c1[nH]nnc1-c1ccc2c(c1)Cc1cc(-c3c[nH]nn3)ccc1-2. The van der Waals surface area contributed by atoms with E-state index in [1.165, 1.54) is 22.3 Å². The van der Waals surface area contributed by atoms with Gasteiger partial charge in [0.25, 0.3) is 0 Å². The Kier molecular flexibility index (Phi) is 4.56. The lowest BCUT2D eigenvalue weighted by Crippen LogP contribution is -2.11. The second-order valence-electron chi connectivity index (χ2n) is 6.94. The molecule has 0 radical (unpaired) electrons. The number of carbonyl (C=O) groups excluding carboxylic acids is 1. The lowest BCUT2D eigenvalue weighted by atomic mass is 10.0. The van der Waals surface area contributed by atoms with Gasteiger partial charge in [-0.1, -0.05) is 34.7 Å². The van der Waals surface area contributed by atoms with Crippen molar-refractivity contribution < 1.29 is 14.3 Å². The number of nitrogens with zero attached hydrogens (tertiary/aromatic N) is 4. The van der Waals surface area contributed by atoms with Crippen LogP contribution in [0.3, 0.4) is 0 Å². The highest BCUT2D eigenvalue weighted by Crippen LogP contribution is 2.40. The predicted octanol–water partition coefficient (Wildman–Crippen LogP) is 2.63. The monoisotopic (exact) mass is 402 g/mol. The Balaban J connectivity index is 1.43. The van der Waals surface area contributed by atoms with Gasteiger partial charge in [0.15, 0.2) is 5.69 Å². The smallest absolute Gasteiger partial charge is 0.358 e. The number of methoxy groups -OCH3 is 1. The number of H-pyrrole nitrogens is 2. The van der Waals surface area contributed by atoms with Crippen molar-refractivity contribution in [2.75, 3.05) is 20.3 Å². The number of hydrogen-bond donors (Lipinski definition) is 2. The molecule has 0 bridgehead atoms. The molecule has 2 aromatic carbocycles. The summed E-state index contributed by atoms with van der Waals surface area (Å²) in [5.41, 5.74) is 8.11. The second-order valence-corrected chi connectivity index (χ2v) is 6.94. The number of ether oxygens (including phenoxy) is 2. The van der Waals surface area contributed by atoms with E-state index in [1.807, 2.05) is 12.1 Å². The first-order valence-electron chi connectivity index (χ1n) is 9.45. The van der Waals surface area contributed by atoms with Gasteiger partial charge in [-0.15, -0.1) is 10.2 Å². The summed E-state index contributed by atoms with van der Waals surface area (Å²) < 4.78 is 10.1. The summed E-state index contributed by atoms with van der Waals surface area (Å²) >= 11 is 0. The minimum Gasteiger partial charge on any atom is -0.458 e. The highest BCUT2D eigenvalue weighted by atomic mass is 16.6. The molecule has 0 saturated heterocycles. The fourth-order valence-corrected chi connectivity index (χ4v) is 3.72. The molecule has 0 unspecified atom stereocenters. The molecular formula is C21H18N6O3. The molecule has 0 saturated carbocycles. The minimum absolute atomic E-state index is 0.168. The van der Waals surface area contributed by atoms with Crippen LogP contribution in [0.15, 0.2) is 42.6 Å². The molecule has 5 rings (SSSR count). The second kappa shape index (κ2) is 7.53. The zero-order valence-electron chi connectivity index (χ0n) is 16.2. The molecule has 150 valence electrons. The molecule has 0 spiro atoms. The number of rotatable bonds is 6. The van der Waals surface area contributed by atoms with Gasteiger partial charge in [-0.2, -0.15) is 0 Å². The van der Waals surface area contributed by atoms with Crippen LogP contribution in [-0.2, 0) is 15.9 Å². The van der Waals surface area contributed by atoms with Crippen LogP contribution in [0, 0.1) is 0 Å². The van der Waals surface area contributed by atoms with Crippen LogP contribution in [-0.4, -0.2) is 57.1 Å². The van der Waals surface area contributed by atoms with Gasteiger partial charge in [-0.3, -0.25) is 10.2 Å². The van der Waals surface area contributed by atoms with Crippen LogP contribution in [0.5, 0.6) is 0 Å². The number of fused-ring (bicyclic) bond motifs is 3. The summed E-state index contributed by atoms with van der Waals surface area (Å²) in [4.78, 5) is 12.3. The van der Waals surface area contributed by atoms with Gasteiger partial charge in [0.1, 0.15) is 18.0 Å². The van der Waals surface area contributed by atoms with Gasteiger partial charge >= 0.3 is 5.97 Å². The largest absolute Gasteiger partial charge is 0.458 e. The van der Waals surface area contributed by atoms with Crippen molar-refractivity contribution in [3.63, 3.8) is 0 Å². The number of aromatic nitrogens is 6. The molecule has 0 atom stereocenters. The van der Waals surface area contributed by atoms with Gasteiger partial charge < -0.3 is 9.47 Å². The normalized spacial score (nSPS) is 11.9. The first-order valence-corrected chi connectivity index (χ1v) is 9.45. The maximum absolute atomic E-state index is 12.3. The van der Waals surface area contributed by atoms with Crippen molar-refractivity contribution in [2.24, 2.45) is 0 Å². The molecule has 9 nitrogen and oxygen atoms in total. The molecule has 0 amide bonds. The molecule has 4 aromatic rings. The molecule has 2 N–H and O–H groups in total. The van der Waals surface area contributed by atoms with Crippen LogP contribution in [0.4, 0.5) is 0 Å². The summed E-state index contributed by atoms with van der Waals surface area (Å²) in [5, 5.41) is 21.2. The maximum Gasteiger partial charge on any atom is 0.358 e. The number of nitrogens with one attached hydrogen (secondary N) is 2. The summed E-state index contributed by atoms with van der Waals surface area (Å²) in [6.45, 7) is 0.497. The number of carbonyl (C=O) groups is 1. The average molecular weight is 402 g/mol. The van der Waals surface area contributed by atoms with Crippen molar-refractivity contribution in [3.05, 3.63) is 59.4 Å². The lowest BCUT2D eigenvalue weighted by molar-refractivity contribution is 0.0382. The molecule has 2 heterocycles.